The van der Waals surface area contributed by atoms with Crippen molar-refractivity contribution in [2.24, 2.45) is 0 Å². The molecule has 0 aliphatic carbocycles. The maximum Gasteiger partial charge on any atom is 0.196 e. The Kier molecular flexibility index (Phi) is 4.41. The molecule has 1 unspecified atom stereocenters. The first-order valence-corrected chi connectivity index (χ1v) is 8.20. The smallest absolute Gasteiger partial charge is 0.196 e. The number of fused-ring (bicyclic) bond motifs is 1. The van der Waals surface area contributed by atoms with Crippen molar-refractivity contribution in [1.82, 2.24) is 0 Å². The maximum absolute atomic E-state index is 12.5. The first kappa shape index (κ1) is 14.7. The number of thioether (sulfide) groups is 1. The topological polar surface area (TPSA) is 30.2 Å². The van der Waals surface area contributed by atoms with Crippen LogP contribution in [0.1, 0.15) is 35.4 Å². The van der Waals surface area contributed by atoms with Gasteiger partial charge in [-0.25, -0.2) is 0 Å². The number of aryl methyl sites for hydroxylation is 1. The molecule has 19 heavy (non-hydrogen) atoms. The lowest BCUT2D eigenvalue weighted by atomic mass is 10.0. The van der Waals surface area contributed by atoms with Crippen molar-refractivity contribution in [3.63, 3.8) is 0 Å². The van der Waals surface area contributed by atoms with E-state index < -0.39 is 0 Å². The fraction of sp³-hybridized carbons (Fsp3) is 0.400. The average Bonchev–Trinajstić information content (AvgIpc) is 2.36. The highest BCUT2D eigenvalue weighted by molar-refractivity contribution is 9.09. The summed E-state index contributed by atoms with van der Waals surface area (Å²) in [7, 11) is 0. The van der Waals surface area contributed by atoms with Gasteiger partial charge in [0.25, 0.3) is 0 Å². The zero-order chi connectivity index (χ0) is 14.2. The first-order chi connectivity index (χ1) is 8.95. The van der Waals surface area contributed by atoms with Gasteiger partial charge in [0.15, 0.2) is 10.5 Å². The van der Waals surface area contributed by atoms with Crippen LogP contribution in [0.15, 0.2) is 26.4 Å². The maximum atomic E-state index is 12.5. The van der Waals surface area contributed by atoms with Gasteiger partial charge in [-0.3, -0.25) is 4.79 Å². The predicted octanol–water partition coefficient (Wildman–Crippen LogP) is 4.98. The fourth-order valence-electron chi connectivity index (χ4n) is 2.11. The molecule has 1 heterocycles. The van der Waals surface area contributed by atoms with E-state index in [0.29, 0.717) is 16.5 Å². The van der Waals surface area contributed by atoms with Gasteiger partial charge < -0.3 is 4.42 Å². The van der Waals surface area contributed by atoms with Crippen LogP contribution in [-0.4, -0.2) is 5.75 Å². The second-order valence-corrected chi connectivity index (χ2v) is 7.23. The Labute approximate surface area is 125 Å². The molecule has 1 aromatic carbocycles. The summed E-state index contributed by atoms with van der Waals surface area (Å²) in [5.74, 6) is 0.889. The van der Waals surface area contributed by atoms with Crippen molar-refractivity contribution in [3.05, 3.63) is 39.0 Å². The molecule has 0 amide bonds. The van der Waals surface area contributed by atoms with Crippen molar-refractivity contribution >= 4 is 38.7 Å². The largest absolute Gasteiger partial charge is 0.449 e. The number of rotatable bonds is 3. The van der Waals surface area contributed by atoms with Crippen LogP contribution in [0.25, 0.3) is 11.0 Å². The minimum absolute atomic E-state index is 0.0790. The molecule has 0 N–H and O–H groups in total. The van der Waals surface area contributed by atoms with Crippen LogP contribution in [0, 0.1) is 13.8 Å². The summed E-state index contributed by atoms with van der Waals surface area (Å²) >= 11 is 5.15. The Morgan fingerprint density at radius 1 is 1.37 bits per heavy atom. The van der Waals surface area contributed by atoms with Gasteiger partial charge in [-0.15, -0.1) is 0 Å². The van der Waals surface area contributed by atoms with Crippen LogP contribution in [0.2, 0.25) is 0 Å². The van der Waals surface area contributed by atoms with E-state index in [1.54, 1.807) is 11.8 Å². The molecule has 0 saturated heterocycles. The van der Waals surface area contributed by atoms with Crippen LogP contribution >= 0.6 is 27.7 Å². The third-order valence-corrected chi connectivity index (χ3v) is 4.49. The molecule has 102 valence electrons. The molecule has 0 bridgehead atoms. The molecule has 1 atom stereocenters. The van der Waals surface area contributed by atoms with E-state index in [2.05, 4.69) is 28.9 Å². The lowest BCUT2D eigenvalue weighted by Crippen LogP contribution is -2.08. The first-order valence-electron chi connectivity index (χ1n) is 6.30. The van der Waals surface area contributed by atoms with Crippen LogP contribution in [0.3, 0.4) is 0 Å². The van der Waals surface area contributed by atoms with Gasteiger partial charge in [0, 0.05) is 16.0 Å². The number of hydrogen-bond acceptors (Lipinski definition) is 3. The zero-order valence-electron chi connectivity index (χ0n) is 11.5. The average molecular weight is 341 g/mol. The van der Waals surface area contributed by atoms with E-state index in [4.69, 9.17) is 4.42 Å². The van der Waals surface area contributed by atoms with E-state index in [-0.39, 0.29) is 10.3 Å². The number of benzene rings is 1. The summed E-state index contributed by atoms with van der Waals surface area (Å²) in [6.07, 6.45) is 0. The molecular formula is C15H17BrO2S. The van der Waals surface area contributed by atoms with Crippen molar-refractivity contribution in [2.75, 3.05) is 5.75 Å². The van der Waals surface area contributed by atoms with Gasteiger partial charge in [0.05, 0.1) is 5.39 Å². The summed E-state index contributed by atoms with van der Waals surface area (Å²) in [5, 5.41) is 1.41. The Morgan fingerprint density at radius 3 is 2.63 bits per heavy atom. The van der Waals surface area contributed by atoms with Gasteiger partial charge in [-0.2, -0.15) is 0 Å². The Balaban J connectivity index is 2.88. The molecule has 2 nitrogen and oxygen atoms in total. The fourth-order valence-corrected chi connectivity index (χ4v) is 3.17. The summed E-state index contributed by atoms with van der Waals surface area (Å²) in [4.78, 5) is 12.6. The lowest BCUT2D eigenvalue weighted by Gasteiger charge is -2.12. The molecule has 0 fully saturated rings. The van der Waals surface area contributed by atoms with Crippen molar-refractivity contribution in [3.8, 4) is 0 Å². The van der Waals surface area contributed by atoms with Gasteiger partial charge >= 0.3 is 0 Å². The monoisotopic (exact) mass is 340 g/mol. The quantitative estimate of drug-likeness (QED) is 0.583. The summed E-state index contributed by atoms with van der Waals surface area (Å²) in [6, 6.07) is 3.98. The Morgan fingerprint density at radius 2 is 2.05 bits per heavy atom. The van der Waals surface area contributed by atoms with E-state index in [1.165, 1.54) is 0 Å². The summed E-state index contributed by atoms with van der Waals surface area (Å²) in [6.45, 7) is 7.93. The van der Waals surface area contributed by atoms with Crippen molar-refractivity contribution < 1.29 is 4.42 Å². The summed E-state index contributed by atoms with van der Waals surface area (Å²) < 4.78 is 5.99. The third-order valence-electron chi connectivity index (χ3n) is 3.05. The number of halogens is 1. The Hall–Kier alpha value is -0.740. The van der Waals surface area contributed by atoms with Crippen LogP contribution < -0.4 is 5.43 Å². The minimum Gasteiger partial charge on any atom is -0.449 e. The highest BCUT2D eigenvalue weighted by Crippen LogP contribution is 2.32. The molecule has 2 aromatic rings. The van der Waals surface area contributed by atoms with E-state index in [0.717, 1.165) is 22.0 Å². The molecule has 0 spiro atoms. The highest BCUT2D eigenvalue weighted by Gasteiger charge is 2.16. The molecule has 0 aliphatic rings. The lowest BCUT2D eigenvalue weighted by molar-refractivity contribution is 0.489. The van der Waals surface area contributed by atoms with E-state index >= 15 is 0 Å². The van der Waals surface area contributed by atoms with Gasteiger partial charge in [-0.05, 0) is 38.2 Å². The second-order valence-electron chi connectivity index (χ2n) is 4.62. The standard InChI is InChI=1S/C15H17BrO2S/c1-5-19-15-9(3)13(17)12-7-8(2)6-11(10(4)16)14(12)18-15/h6-7,10H,5H2,1-4H3. The summed E-state index contributed by atoms with van der Waals surface area (Å²) in [5.41, 5.74) is 3.61. The molecule has 0 saturated carbocycles. The van der Waals surface area contributed by atoms with Crippen LogP contribution in [-0.2, 0) is 0 Å². The molecular weight excluding hydrogens is 324 g/mol. The van der Waals surface area contributed by atoms with E-state index in [9.17, 15) is 4.79 Å². The van der Waals surface area contributed by atoms with Crippen LogP contribution in [0.5, 0.6) is 0 Å². The van der Waals surface area contributed by atoms with Gasteiger partial charge in [-0.1, -0.05) is 40.7 Å². The molecule has 4 heteroatoms. The second kappa shape index (κ2) is 5.71. The van der Waals surface area contributed by atoms with Crippen molar-refractivity contribution in [1.29, 1.82) is 0 Å². The third kappa shape index (κ3) is 2.75. The molecule has 0 aliphatic heterocycles. The predicted molar refractivity (Wildman–Crippen MR) is 85.7 cm³/mol. The van der Waals surface area contributed by atoms with Crippen molar-refractivity contribution in [2.45, 2.75) is 37.6 Å². The van der Waals surface area contributed by atoms with E-state index in [1.807, 2.05) is 26.8 Å². The van der Waals surface area contributed by atoms with Crippen LogP contribution in [0.4, 0.5) is 0 Å². The molecule has 1 aromatic heterocycles. The van der Waals surface area contributed by atoms with Gasteiger partial charge in [0.1, 0.15) is 5.58 Å². The molecule has 2 rings (SSSR count). The number of alkyl halides is 1. The zero-order valence-corrected chi connectivity index (χ0v) is 13.9. The number of hydrogen-bond donors (Lipinski definition) is 0. The Bertz CT molecular complexity index is 674. The molecule has 0 radical (unpaired) electrons. The van der Waals surface area contributed by atoms with Gasteiger partial charge in [0.2, 0.25) is 0 Å². The SMILES string of the molecule is CCSc1oc2c(C(C)Br)cc(C)cc2c(=O)c1C. The normalized spacial score (nSPS) is 12.9. The highest BCUT2D eigenvalue weighted by atomic mass is 79.9. The minimum atomic E-state index is 0.0790.